The zero-order valence-electron chi connectivity index (χ0n) is 10.8. The molecule has 10 heteroatoms. The van der Waals surface area contributed by atoms with Crippen LogP contribution in [0.25, 0.3) is 11.2 Å². The van der Waals surface area contributed by atoms with Crippen molar-refractivity contribution in [2.75, 3.05) is 12.3 Å². The Morgan fingerprint density at radius 3 is 2.76 bits per heavy atom. The van der Waals surface area contributed by atoms with Gasteiger partial charge >= 0.3 is 0 Å². The van der Waals surface area contributed by atoms with Crippen molar-refractivity contribution in [2.24, 2.45) is 0 Å². The van der Waals surface area contributed by atoms with E-state index in [-0.39, 0.29) is 5.82 Å². The van der Waals surface area contributed by atoms with Gasteiger partial charge in [-0.25, -0.2) is 15.0 Å². The number of hydrogen-bond donors (Lipinski definition) is 5. The van der Waals surface area contributed by atoms with Crippen LogP contribution in [0.1, 0.15) is 6.23 Å². The van der Waals surface area contributed by atoms with E-state index in [9.17, 15) is 15.3 Å². The van der Waals surface area contributed by atoms with E-state index >= 15 is 0 Å². The monoisotopic (exact) mass is 297 g/mol. The lowest BCUT2D eigenvalue weighted by atomic mass is 10.1. The van der Waals surface area contributed by atoms with Gasteiger partial charge in [-0.05, 0) is 0 Å². The normalized spacial score (nSPS) is 30.9. The number of aliphatic hydroxyl groups is 4. The second-order valence-corrected chi connectivity index (χ2v) is 4.81. The summed E-state index contributed by atoms with van der Waals surface area (Å²) < 4.78 is 6.84. The number of aromatic nitrogens is 4. The van der Waals surface area contributed by atoms with Gasteiger partial charge < -0.3 is 30.9 Å². The van der Waals surface area contributed by atoms with Crippen molar-refractivity contribution >= 4 is 17.0 Å². The first kappa shape index (κ1) is 14.1. The molecule has 0 aliphatic carbocycles. The molecule has 10 nitrogen and oxygen atoms in total. The summed E-state index contributed by atoms with van der Waals surface area (Å²) >= 11 is 0. The number of aliphatic hydroxyl groups excluding tert-OH is 4. The molecule has 5 atom stereocenters. The molecular formula is C11H15N5O5. The summed E-state index contributed by atoms with van der Waals surface area (Å²) in [4.78, 5) is 11.9. The zero-order valence-corrected chi connectivity index (χ0v) is 10.8. The maximum Gasteiger partial charge on any atom is 0.167 e. The largest absolute Gasteiger partial charge is 0.394 e. The predicted octanol–water partition coefficient (Wildman–Crippen LogP) is -2.62. The van der Waals surface area contributed by atoms with Gasteiger partial charge in [0, 0.05) is 0 Å². The Bertz CT molecular complexity index is 649. The molecule has 2 aromatic heterocycles. The lowest BCUT2D eigenvalue weighted by molar-refractivity contribution is -0.0962. The fourth-order valence-electron chi connectivity index (χ4n) is 2.39. The van der Waals surface area contributed by atoms with E-state index in [0.717, 1.165) is 0 Å². The maximum atomic E-state index is 10.1. The van der Waals surface area contributed by atoms with E-state index in [4.69, 9.17) is 15.6 Å². The minimum Gasteiger partial charge on any atom is -0.394 e. The molecule has 114 valence electrons. The minimum absolute atomic E-state index is 0.179. The zero-order chi connectivity index (χ0) is 15.1. The van der Waals surface area contributed by atoms with Crippen LogP contribution in [0.2, 0.25) is 0 Å². The van der Waals surface area contributed by atoms with Crippen molar-refractivity contribution in [1.82, 2.24) is 19.5 Å². The summed E-state index contributed by atoms with van der Waals surface area (Å²) in [5, 5.41) is 38.5. The molecule has 1 fully saturated rings. The quantitative estimate of drug-likeness (QED) is 0.408. The predicted molar refractivity (Wildman–Crippen MR) is 68.8 cm³/mol. The van der Waals surface area contributed by atoms with Crippen LogP contribution in [0.15, 0.2) is 12.7 Å². The molecule has 0 saturated carbocycles. The summed E-state index contributed by atoms with van der Waals surface area (Å²) in [6.45, 7) is -0.596. The van der Waals surface area contributed by atoms with Gasteiger partial charge in [0.2, 0.25) is 0 Å². The second kappa shape index (κ2) is 5.16. The van der Waals surface area contributed by atoms with Crippen molar-refractivity contribution in [3.63, 3.8) is 0 Å². The number of nitrogen functional groups attached to an aromatic ring is 1. The third kappa shape index (κ3) is 2.13. The van der Waals surface area contributed by atoms with Crippen LogP contribution >= 0.6 is 0 Å². The lowest BCUT2D eigenvalue weighted by Crippen LogP contribution is -2.40. The summed E-state index contributed by atoms with van der Waals surface area (Å²) in [5.74, 6) is 0.179. The minimum atomic E-state index is -1.35. The Kier molecular flexibility index (Phi) is 3.47. The van der Waals surface area contributed by atoms with Crippen LogP contribution in [0.3, 0.4) is 0 Å². The van der Waals surface area contributed by atoms with E-state index in [2.05, 4.69) is 15.0 Å². The Balaban J connectivity index is 1.98. The van der Waals surface area contributed by atoms with Crippen LogP contribution < -0.4 is 5.73 Å². The molecule has 6 N–H and O–H groups in total. The van der Waals surface area contributed by atoms with Gasteiger partial charge in [-0.2, -0.15) is 0 Å². The van der Waals surface area contributed by atoms with E-state index < -0.39 is 37.3 Å². The number of imidazole rings is 1. The number of hydrogen-bond acceptors (Lipinski definition) is 9. The third-order valence-electron chi connectivity index (χ3n) is 3.50. The molecule has 0 bridgehead atoms. The first-order valence-corrected chi connectivity index (χ1v) is 6.28. The second-order valence-electron chi connectivity index (χ2n) is 4.81. The molecule has 1 aliphatic rings. The average molecular weight is 297 g/mol. The van der Waals surface area contributed by atoms with Crippen LogP contribution in [0.5, 0.6) is 0 Å². The summed E-state index contributed by atoms with van der Waals surface area (Å²) in [5.41, 5.74) is 6.35. The molecule has 2 aromatic rings. The van der Waals surface area contributed by atoms with E-state index in [1.165, 1.54) is 17.2 Å². The maximum absolute atomic E-state index is 10.1. The van der Waals surface area contributed by atoms with E-state index in [0.29, 0.717) is 11.2 Å². The highest BCUT2D eigenvalue weighted by molar-refractivity contribution is 5.81. The van der Waals surface area contributed by atoms with Crippen molar-refractivity contribution < 1.29 is 25.2 Å². The summed E-state index contributed by atoms with van der Waals surface area (Å²) in [6.07, 6.45) is -3.51. The molecule has 0 aromatic carbocycles. The van der Waals surface area contributed by atoms with Gasteiger partial charge in [-0.3, -0.25) is 4.57 Å². The lowest BCUT2D eigenvalue weighted by Gasteiger charge is -2.18. The van der Waals surface area contributed by atoms with Crippen molar-refractivity contribution in [2.45, 2.75) is 30.6 Å². The van der Waals surface area contributed by atoms with Gasteiger partial charge in [0.05, 0.1) is 12.9 Å². The molecule has 3 rings (SSSR count). The molecular weight excluding hydrogens is 282 g/mol. The van der Waals surface area contributed by atoms with Crippen molar-refractivity contribution in [3.8, 4) is 0 Å². The summed E-state index contributed by atoms with van der Waals surface area (Å²) in [6, 6.07) is 0. The van der Waals surface area contributed by atoms with Gasteiger partial charge in [-0.1, -0.05) is 0 Å². The number of nitrogens with two attached hydrogens (primary N) is 1. The Morgan fingerprint density at radius 1 is 1.29 bits per heavy atom. The van der Waals surface area contributed by atoms with E-state index in [1.807, 2.05) is 0 Å². The molecule has 21 heavy (non-hydrogen) atoms. The van der Waals surface area contributed by atoms with Crippen LogP contribution in [0.4, 0.5) is 5.82 Å². The smallest absolute Gasteiger partial charge is 0.167 e. The number of anilines is 1. The summed E-state index contributed by atoms with van der Waals surface area (Å²) in [7, 11) is 0. The van der Waals surface area contributed by atoms with Crippen LogP contribution in [0, 0.1) is 0 Å². The van der Waals surface area contributed by atoms with Gasteiger partial charge in [0.25, 0.3) is 0 Å². The highest BCUT2D eigenvalue weighted by Gasteiger charge is 2.47. The average Bonchev–Trinajstić information content (AvgIpc) is 3.02. The van der Waals surface area contributed by atoms with Gasteiger partial charge in [0.1, 0.15) is 36.3 Å². The molecule has 3 heterocycles. The molecule has 1 unspecified atom stereocenters. The number of rotatable bonds is 3. The first-order chi connectivity index (χ1) is 10.0. The fourth-order valence-corrected chi connectivity index (χ4v) is 2.39. The van der Waals surface area contributed by atoms with E-state index in [1.54, 1.807) is 0 Å². The highest BCUT2D eigenvalue weighted by atomic mass is 16.6. The molecule has 0 spiro atoms. The molecule has 1 aliphatic heterocycles. The highest BCUT2D eigenvalue weighted by Crippen LogP contribution is 2.33. The molecule has 0 radical (unpaired) electrons. The SMILES string of the molecule is Nc1ncnc2c1ncn2[C@H]1O[C@@H](C(O)CO)[C@H](O)[C@@H]1O. The van der Waals surface area contributed by atoms with Gasteiger partial charge in [-0.15, -0.1) is 0 Å². The van der Waals surface area contributed by atoms with Gasteiger partial charge in [0.15, 0.2) is 17.7 Å². The number of fused-ring (bicyclic) bond motifs is 1. The molecule has 1 saturated heterocycles. The Morgan fingerprint density at radius 2 is 2.05 bits per heavy atom. The van der Waals surface area contributed by atoms with Crippen molar-refractivity contribution in [1.29, 1.82) is 0 Å². The standard InChI is InChI=1S/C11H15N5O5/c12-9-5-10(14-2-13-9)16(3-15-5)11-7(20)6(19)8(21-11)4(18)1-17/h2-4,6-8,11,17-20H,1H2,(H2,12,13,14)/t4?,6-,7+,8+,11+/m1/s1. The van der Waals surface area contributed by atoms with Crippen LogP contribution in [-0.2, 0) is 4.74 Å². The Labute approximate surface area is 118 Å². The fraction of sp³-hybridized carbons (Fsp3) is 0.545. The number of nitrogens with zero attached hydrogens (tertiary/aromatic N) is 4. The first-order valence-electron chi connectivity index (χ1n) is 6.28. The van der Waals surface area contributed by atoms with Crippen LogP contribution in [-0.4, -0.2) is 71.0 Å². The third-order valence-corrected chi connectivity index (χ3v) is 3.50. The van der Waals surface area contributed by atoms with Crippen molar-refractivity contribution in [3.05, 3.63) is 12.7 Å². The number of ether oxygens (including phenoxy) is 1. The topological polar surface area (TPSA) is 160 Å². The molecule has 0 amide bonds. The Hall–Kier alpha value is -1.85.